The van der Waals surface area contributed by atoms with Crippen LogP contribution in [0.3, 0.4) is 0 Å². The summed E-state index contributed by atoms with van der Waals surface area (Å²) >= 11 is 10.6. The lowest BCUT2D eigenvalue weighted by Crippen LogP contribution is -1.84. The maximum absolute atomic E-state index is 10.5. The molecule has 0 spiro atoms. The maximum atomic E-state index is 10.5. The van der Waals surface area contributed by atoms with E-state index in [0.29, 0.717) is 0 Å². The highest BCUT2D eigenvalue weighted by Crippen LogP contribution is 2.27. The molecule has 48 valence electrons. The van der Waals surface area contributed by atoms with E-state index in [4.69, 9.17) is 28.3 Å². The molecule has 0 saturated heterocycles. The largest absolute Gasteiger partial charge is 0.506 e. The smallest absolute Gasteiger partial charge is 0.202 e. The summed E-state index contributed by atoms with van der Waals surface area (Å²) in [6.07, 6.45) is 0.977. The molecule has 0 amide bonds. The Hall–Kier alpha value is -0.470. The van der Waals surface area contributed by atoms with Gasteiger partial charge < -0.3 is 5.11 Å². The van der Waals surface area contributed by atoms with Crippen LogP contribution < -0.4 is 0 Å². The average molecular weight is 165 g/mol. The molecule has 0 aliphatic heterocycles. The number of halogens is 2. The Bertz CT molecular complexity index is 227. The molecule has 1 aliphatic rings. The summed E-state index contributed by atoms with van der Waals surface area (Å²) < 4.78 is 0. The summed E-state index contributed by atoms with van der Waals surface area (Å²) in [6.45, 7) is 0. The van der Waals surface area contributed by atoms with E-state index < -0.39 is 5.78 Å². The maximum Gasteiger partial charge on any atom is 0.202 e. The first-order valence-corrected chi connectivity index (χ1v) is 2.89. The number of aliphatic hydroxyl groups excluding tert-OH is 1. The van der Waals surface area contributed by atoms with Crippen LogP contribution >= 0.6 is 23.2 Å². The molecule has 1 N–H and O–H groups in total. The highest BCUT2D eigenvalue weighted by Gasteiger charge is 2.20. The Labute approximate surface area is 61.4 Å². The van der Waals surface area contributed by atoms with E-state index in [1.807, 2.05) is 0 Å². The Morgan fingerprint density at radius 1 is 1.33 bits per heavy atom. The lowest BCUT2D eigenvalue weighted by Gasteiger charge is -1.86. The Morgan fingerprint density at radius 3 is 2.00 bits per heavy atom. The number of hydrogen-bond donors (Lipinski definition) is 1. The van der Waals surface area contributed by atoms with E-state index in [2.05, 4.69) is 0 Å². The molecule has 9 heavy (non-hydrogen) atoms. The number of hydrogen-bond acceptors (Lipinski definition) is 2. The van der Waals surface area contributed by atoms with Gasteiger partial charge in [0.05, 0.1) is 0 Å². The second kappa shape index (κ2) is 2.05. The highest BCUT2D eigenvalue weighted by molar-refractivity contribution is 6.52. The van der Waals surface area contributed by atoms with Crippen LogP contribution in [0.5, 0.6) is 0 Å². The van der Waals surface area contributed by atoms with Gasteiger partial charge in [0.2, 0.25) is 5.78 Å². The van der Waals surface area contributed by atoms with Gasteiger partial charge in [-0.25, -0.2) is 0 Å². The topological polar surface area (TPSA) is 37.3 Å². The summed E-state index contributed by atoms with van der Waals surface area (Å²) in [5.74, 6) is -0.703. The standard InChI is InChI=1S/C5H2Cl2O2/c6-4-2(8)1-3(9)5(4)7/h1,8H. The van der Waals surface area contributed by atoms with Crippen molar-refractivity contribution in [1.82, 2.24) is 0 Å². The van der Waals surface area contributed by atoms with Crippen molar-refractivity contribution in [1.29, 1.82) is 0 Å². The fourth-order valence-corrected chi connectivity index (χ4v) is 0.771. The van der Waals surface area contributed by atoms with Gasteiger partial charge in [-0.05, 0) is 0 Å². The molecule has 0 aromatic carbocycles. The molecule has 0 unspecified atom stereocenters. The van der Waals surface area contributed by atoms with E-state index >= 15 is 0 Å². The third-order valence-corrected chi connectivity index (χ3v) is 1.76. The first-order chi connectivity index (χ1) is 4.13. The Balaban J connectivity index is 3.11. The lowest BCUT2D eigenvalue weighted by molar-refractivity contribution is -0.110. The molecule has 0 heterocycles. The van der Waals surface area contributed by atoms with Crippen molar-refractivity contribution in [3.63, 3.8) is 0 Å². The third-order valence-electron chi connectivity index (χ3n) is 0.902. The van der Waals surface area contributed by atoms with Crippen molar-refractivity contribution < 1.29 is 9.90 Å². The molecule has 0 fully saturated rings. The Morgan fingerprint density at radius 2 is 1.89 bits per heavy atom. The van der Waals surface area contributed by atoms with Gasteiger partial charge in [0.1, 0.15) is 15.8 Å². The zero-order valence-corrected chi connectivity index (χ0v) is 5.70. The zero-order chi connectivity index (χ0) is 7.02. The van der Waals surface area contributed by atoms with Crippen LogP contribution in [0, 0.1) is 0 Å². The summed E-state index contributed by atoms with van der Waals surface area (Å²) in [5, 5.41) is 8.52. The van der Waals surface area contributed by atoms with Crippen molar-refractivity contribution in [2.24, 2.45) is 0 Å². The normalized spacial score (nSPS) is 18.9. The lowest BCUT2D eigenvalue weighted by atomic mass is 10.4. The van der Waals surface area contributed by atoms with E-state index in [-0.39, 0.29) is 15.8 Å². The number of carbonyl (C=O) groups excluding carboxylic acids is 1. The van der Waals surface area contributed by atoms with Crippen LogP contribution in [0.2, 0.25) is 0 Å². The first-order valence-electron chi connectivity index (χ1n) is 2.13. The molecule has 0 saturated carbocycles. The van der Waals surface area contributed by atoms with E-state index in [1.165, 1.54) is 0 Å². The molecule has 0 radical (unpaired) electrons. The van der Waals surface area contributed by atoms with E-state index in [1.54, 1.807) is 0 Å². The number of aliphatic hydroxyl groups is 1. The second-order valence-corrected chi connectivity index (χ2v) is 2.28. The van der Waals surface area contributed by atoms with Crippen molar-refractivity contribution >= 4 is 29.0 Å². The predicted octanol–water partition coefficient (Wildman–Crippen LogP) is 1.70. The Kier molecular flexibility index (Phi) is 1.51. The van der Waals surface area contributed by atoms with Gasteiger partial charge in [0.25, 0.3) is 0 Å². The van der Waals surface area contributed by atoms with Crippen molar-refractivity contribution in [2.75, 3.05) is 0 Å². The van der Waals surface area contributed by atoms with Gasteiger partial charge in [0, 0.05) is 6.08 Å². The molecular weight excluding hydrogens is 163 g/mol. The van der Waals surface area contributed by atoms with Crippen LogP contribution in [0.4, 0.5) is 0 Å². The van der Waals surface area contributed by atoms with Crippen LogP contribution in [-0.4, -0.2) is 10.9 Å². The summed E-state index contributed by atoms with van der Waals surface area (Å²) in [4.78, 5) is 10.5. The average Bonchev–Trinajstić information content (AvgIpc) is 1.98. The molecule has 0 aromatic rings. The van der Waals surface area contributed by atoms with Crippen molar-refractivity contribution in [2.45, 2.75) is 0 Å². The zero-order valence-electron chi connectivity index (χ0n) is 4.19. The van der Waals surface area contributed by atoms with Gasteiger partial charge in [-0.2, -0.15) is 0 Å². The fraction of sp³-hybridized carbons (Fsp3) is 0. The minimum Gasteiger partial charge on any atom is -0.506 e. The minimum absolute atomic E-state index is 0.0679. The summed E-state index contributed by atoms with van der Waals surface area (Å²) in [6, 6.07) is 0. The summed E-state index contributed by atoms with van der Waals surface area (Å²) in [5.41, 5.74) is 0. The number of allylic oxidation sites excluding steroid dienone is 3. The van der Waals surface area contributed by atoms with Gasteiger partial charge >= 0.3 is 0 Å². The minimum atomic E-state index is -0.445. The van der Waals surface area contributed by atoms with Gasteiger partial charge in [-0.15, -0.1) is 0 Å². The monoisotopic (exact) mass is 164 g/mol. The van der Waals surface area contributed by atoms with E-state index in [0.717, 1.165) is 6.08 Å². The van der Waals surface area contributed by atoms with Crippen LogP contribution in [-0.2, 0) is 4.79 Å². The number of rotatable bonds is 0. The second-order valence-electron chi connectivity index (χ2n) is 1.52. The highest BCUT2D eigenvalue weighted by atomic mass is 35.5. The fourth-order valence-electron chi connectivity index (χ4n) is 0.472. The van der Waals surface area contributed by atoms with Crippen LogP contribution in [0.15, 0.2) is 21.9 Å². The molecule has 0 aromatic heterocycles. The molecule has 1 rings (SSSR count). The number of carbonyl (C=O) groups is 1. The van der Waals surface area contributed by atoms with E-state index in [9.17, 15) is 4.79 Å². The van der Waals surface area contributed by atoms with Crippen LogP contribution in [0.25, 0.3) is 0 Å². The molecule has 0 atom stereocenters. The van der Waals surface area contributed by atoms with Crippen LogP contribution in [0.1, 0.15) is 0 Å². The van der Waals surface area contributed by atoms with Gasteiger partial charge in [-0.3, -0.25) is 4.79 Å². The van der Waals surface area contributed by atoms with Crippen molar-refractivity contribution in [3.05, 3.63) is 21.9 Å². The van der Waals surface area contributed by atoms with Gasteiger partial charge in [0.15, 0.2) is 0 Å². The quantitative estimate of drug-likeness (QED) is 0.592. The molecule has 0 bridgehead atoms. The number of ketones is 1. The third kappa shape index (κ3) is 0.955. The molecular formula is C5H2Cl2O2. The SMILES string of the molecule is O=C1C=C(O)C(Cl)=C1Cl. The first kappa shape index (κ1) is 6.65. The summed E-state index contributed by atoms with van der Waals surface area (Å²) in [7, 11) is 0. The molecule has 2 nitrogen and oxygen atoms in total. The predicted molar refractivity (Wildman–Crippen MR) is 34.5 cm³/mol. The van der Waals surface area contributed by atoms with Crippen molar-refractivity contribution in [3.8, 4) is 0 Å². The van der Waals surface area contributed by atoms with Gasteiger partial charge in [-0.1, -0.05) is 23.2 Å². The molecule has 1 aliphatic carbocycles. The molecule has 4 heteroatoms.